The largest absolute Gasteiger partial charge is 0.491 e. The smallest absolute Gasteiger partial charge is 0.340 e. The molecule has 0 saturated carbocycles. The topological polar surface area (TPSA) is 99.4 Å². The van der Waals surface area contributed by atoms with Gasteiger partial charge in [0, 0.05) is 64.0 Å². The number of methoxy groups -OCH3 is 1. The summed E-state index contributed by atoms with van der Waals surface area (Å²) in [5, 5.41) is 2.31. The molecule has 4 heterocycles. The van der Waals surface area contributed by atoms with Gasteiger partial charge in [0.25, 0.3) is 5.56 Å². The van der Waals surface area contributed by atoms with E-state index in [1.165, 1.54) is 18.4 Å². The molecular weight excluding hydrogens is 598 g/mol. The molecule has 1 atom stereocenters. The molecule has 44 heavy (non-hydrogen) atoms. The molecule has 5 aromatic rings. The fourth-order valence-electron chi connectivity index (χ4n) is 5.87. The standard InChI is InChI=1S/C33H32ClN5O4S/c1-19-15-25(31-30(36-19)27(18-44-31)33(41)42-4)24-16-21(34)5-8-29(24)43-14-13-39-20(2)37-28-7-6-23(17-26(28)32(39)40)38(3)22-9-11-35-12-10-22/h5,8-12,15-16,18,23H,6-7,13-14,17H2,1-4H3. The van der Waals surface area contributed by atoms with Crippen molar-refractivity contribution in [2.45, 2.75) is 45.7 Å². The SMILES string of the molecule is COC(=O)c1csc2c(-c3cc(Cl)ccc3OCCn3c(C)nc4c(c3=O)CC(N(C)c3ccncc3)CC4)cc(C)nc12. The van der Waals surface area contributed by atoms with E-state index in [9.17, 15) is 9.59 Å². The number of likely N-dealkylation sites (N-methyl/N-ethyl adjacent to an activating group) is 1. The normalized spacial score (nSPS) is 14.3. The maximum Gasteiger partial charge on any atom is 0.340 e. The van der Waals surface area contributed by atoms with Crippen molar-refractivity contribution in [3.8, 4) is 16.9 Å². The highest BCUT2D eigenvalue weighted by Gasteiger charge is 2.27. The summed E-state index contributed by atoms with van der Waals surface area (Å²) in [5.74, 6) is 0.859. The molecule has 0 saturated heterocycles. The van der Waals surface area contributed by atoms with E-state index < -0.39 is 5.97 Å². The average Bonchev–Trinajstić information content (AvgIpc) is 3.46. The predicted molar refractivity (Wildman–Crippen MR) is 173 cm³/mol. The Morgan fingerprint density at radius 3 is 2.70 bits per heavy atom. The van der Waals surface area contributed by atoms with Gasteiger partial charge in [0.15, 0.2) is 0 Å². The lowest BCUT2D eigenvalue weighted by atomic mass is 9.91. The molecule has 226 valence electrons. The molecule has 0 radical (unpaired) electrons. The number of anilines is 1. The van der Waals surface area contributed by atoms with Crippen LogP contribution in [0.4, 0.5) is 5.69 Å². The van der Waals surface area contributed by atoms with E-state index in [1.54, 1.807) is 28.4 Å². The van der Waals surface area contributed by atoms with Crippen LogP contribution in [0.15, 0.2) is 59.0 Å². The Hall–Kier alpha value is -4.28. The number of hydrogen-bond acceptors (Lipinski definition) is 9. The molecule has 1 aliphatic carbocycles. The number of carbonyl (C=O) groups is 1. The molecule has 0 fully saturated rings. The van der Waals surface area contributed by atoms with E-state index in [1.807, 2.05) is 44.2 Å². The number of thiophene rings is 1. The Morgan fingerprint density at radius 2 is 1.93 bits per heavy atom. The molecule has 0 spiro atoms. The molecule has 6 rings (SSSR count). The quantitative estimate of drug-likeness (QED) is 0.192. The minimum absolute atomic E-state index is 0.0133. The molecule has 0 amide bonds. The number of benzene rings is 1. The third-order valence-electron chi connectivity index (χ3n) is 8.17. The molecule has 1 aromatic carbocycles. The number of esters is 1. The van der Waals surface area contributed by atoms with Gasteiger partial charge in [-0.1, -0.05) is 11.6 Å². The number of aromatic nitrogens is 4. The second-order valence-corrected chi connectivity index (χ2v) is 12.2. The number of aryl methyl sites for hydroxylation is 3. The van der Waals surface area contributed by atoms with Crippen LogP contribution in [0, 0.1) is 13.8 Å². The maximum absolute atomic E-state index is 13.8. The van der Waals surface area contributed by atoms with Crippen LogP contribution in [0.25, 0.3) is 21.3 Å². The van der Waals surface area contributed by atoms with Crippen LogP contribution in [0.1, 0.15) is 39.6 Å². The molecule has 1 aliphatic rings. The molecule has 0 aliphatic heterocycles. The summed E-state index contributed by atoms with van der Waals surface area (Å²) >= 11 is 7.86. The van der Waals surface area contributed by atoms with Crippen LogP contribution in [-0.4, -0.2) is 52.3 Å². The Kier molecular flexibility index (Phi) is 8.38. The Bertz CT molecular complexity index is 1920. The second kappa shape index (κ2) is 12.4. The van der Waals surface area contributed by atoms with E-state index in [0.717, 1.165) is 51.3 Å². The van der Waals surface area contributed by atoms with Gasteiger partial charge in [-0.05, 0) is 69.5 Å². The van der Waals surface area contributed by atoms with Crippen molar-refractivity contribution in [2.75, 3.05) is 25.7 Å². The molecule has 11 heteroatoms. The van der Waals surface area contributed by atoms with Crippen LogP contribution >= 0.6 is 22.9 Å². The third-order valence-corrected chi connectivity index (χ3v) is 9.41. The summed E-state index contributed by atoms with van der Waals surface area (Å²) in [6.45, 7) is 4.34. The van der Waals surface area contributed by atoms with Gasteiger partial charge in [-0.2, -0.15) is 0 Å². The monoisotopic (exact) mass is 629 g/mol. The highest BCUT2D eigenvalue weighted by molar-refractivity contribution is 7.18. The predicted octanol–water partition coefficient (Wildman–Crippen LogP) is 6.04. The van der Waals surface area contributed by atoms with E-state index in [-0.39, 0.29) is 18.2 Å². The first-order chi connectivity index (χ1) is 21.2. The zero-order valence-electron chi connectivity index (χ0n) is 25.0. The number of fused-ring (bicyclic) bond motifs is 2. The summed E-state index contributed by atoms with van der Waals surface area (Å²) in [6, 6.07) is 11.6. The summed E-state index contributed by atoms with van der Waals surface area (Å²) in [4.78, 5) is 41.9. The van der Waals surface area contributed by atoms with Crippen molar-refractivity contribution >= 4 is 44.8 Å². The summed E-state index contributed by atoms with van der Waals surface area (Å²) in [6.07, 6.45) is 5.89. The number of hydrogen-bond donors (Lipinski definition) is 0. The van der Waals surface area contributed by atoms with Crippen molar-refractivity contribution in [3.63, 3.8) is 0 Å². The van der Waals surface area contributed by atoms with Crippen molar-refractivity contribution in [2.24, 2.45) is 0 Å². The zero-order valence-corrected chi connectivity index (χ0v) is 26.5. The van der Waals surface area contributed by atoms with Gasteiger partial charge in [0.05, 0.1) is 35.1 Å². The fourth-order valence-corrected chi connectivity index (χ4v) is 7.05. The number of nitrogens with zero attached hydrogens (tertiary/aromatic N) is 5. The summed E-state index contributed by atoms with van der Waals surface area (Å²) < 4.78 is 13.8. The summed E-state index contributed by atoms with van der Waals surface area (Å²) in [7, 11) is 3.42. The van der Waals surface area contributed by atoms with Crippen LogP contribution in [0.3, 0.4) is 0 Å². The van der Waals surface area contributed by atoms with E-state index in [4.69, 9.17) is 26.1 Å². The highest BCUT2D eigenvalue weighted by Crippen LogP contribution is 2.40. The van der Waals surface area contributed by atoms with Crippen LogP contribution in [0.5, 0.6) is 5.75 Å². The Labute approximate surface area is 264 Å². The van der Waals surface area contributed by atoms with E-state index >= 15 is 0 Å². The van der Waals surface area contributed by atoms with E-state index in [0.29, 0.717) is 40.6 Å². The van der Waals surface area contributed by atoms with E-state index in [2.05, 4.69) is 21.9 Å². The van der Waals surface area contributed by atoms with Gasteiger partial charge < -0.3 is 14.4 Å². The van der Waals surface area contributed by atoms with Gasteiger partial charge in [0.1, 0.15) is 18.2 Å². The van der Waals surface area contributed by atoms with Gasteiger partial charge in [-0.25, -0.2) is 9.78 Å². The number of rotatable bonds is 8. The molecule has 9 nitrogen and oxygen atoms in total. The van der Waals surface area contributed by atoms with Gasteiger partial charge in [-0.3, -0.25) is 19.3 Å². The number of halogens is 1. The fraction of sp³-hybridized carbons (Fsp3) is 0.303. The molecular formula is C33H32ClN5O4S. The number of ether oxygens (including phenoxy) is 2. The van der Waals surface area contributed by atoms with Gasteiger partial charge in [0.2, 0.25) is 0 Å². The lowest BCUT2D eigenvalue weighted by Gasteiger charge is -2.33. The third kappa shape index (κ3) is 5.67. The van der Waals surface area contributed by atoms with Crippen LogP contribution in [0.2, 0.25) is 5.02 Å². The first-order valence-electron chi connectivity index (χ1n) is 14.4. The second-order valence-electron chi connectivity index (χ2n) is 10.9. The van der Waals surface area contributed by atoms with Gasteiger partial charge >= 0.3 is 5.97 Å². The Morgan fingerprint density at radius 1 is 1.14 bits per heavy atom. The highest BCUT2D eigenvalue weighted by atomic mass is 35.5. The van der Waals surface area contributed by atoms with Crippen molar-refractivity contribution in [3.05, 3.63) is 97.9 Å². The van der Waals surface area contributed by atoms with Crippen molar-refractivity contribution < 1.29 is 14.3 Å². The molecule has 4 aromatic heterocycles. The molecule has 0 bridgehead atoms. The maximum atomic E-state index is 13.8. The van der Waals surface area contributed by atoms with Crippen LogP contribution in [-0.2, 0) is 24.1 Å². The molecule has 0 N–H and O–H groups in total. The zero-order chi connectivity index (χ0) is 31.0. The molecule has 1 unspecified atom stereocenters. The lowest BCUT2D eigenvalue weighted by molar-refractivity contribution is 0.0603. The minimum Gasteiger partial charge on any atom is -0.491 e. The van der Waals surface area contributed by atoms with Crippen LogP contribution < -0.4 is 15.2 Å². The Balaban J connectivity index is 1.26. The van der Waals surface area contributed by atoms with Crippen molar-refractivity contribution in [1.29, 1.82) is 0 Å². The first-order valence-corrected chi connectivity index (χ1v) is 15.6. The average molecular weight is 630 g/mol. The van der Waals surface area contributed by atoms with Gasteiger partial charge in [-0.15, -0.1) is 11.3 Å². The minimum atomic E-state index is -0.433. The van der Waals surface area contributed by atoms with Crippen molar-refractivity contribution in [1.82, 2.24) is 19.5 Å². The summed E-state index contributed by atoms with van der Waals surface area (Å²) in [5.41, 5.74) is 6.12. The number of carbonyl (C=O) groups excluding carboxylic acids is 1. The number of pyridine rings is 2. The first kappa shape index (κ1) is 29.8. The lowest BCUT2D eigenvalue weighted by Crippen LogP contribution is -2.41.